The molecule has 0 atom stereocenters. The Balaban J connectivity index is 2.41. The van der Waals surface area contributed by atoms with Crippen LogP contribution in [0.1, 0.15) is 11.4 Å². The number of hydrogen-bond acceptors (Lipinski definition) is 1. The van der Waals surface area contributed by atoms with Crippen molar-refractivity contribution in [3.8, 4) is 11.4 Å². The molecule has 1 N–H and O–H groups in total. The second kappa shape index (κ2) is 4.25. The summed E-state index contributed by atoms with van der Waals surface area (Å²) in [6.07, 6.45) is 0. The number of imidazole rings is 1. The zero-order valence-corrected chi connectivity index (χ0v) is 9.73. The zero-order chi connectivity index (χ0) is 10.8. The number of rotatable bonds is 2. The molecule has 4 heteroatoms. The fraction of sp³-hybridized carbons (Fsp3) is 0.182. The summed E-state index contributed by atoms with van der Waals surface area (Å²) in [5, 5.41) is 0.722. The van der Waals surface area contributed by atoms with Gasteiger partial charge in [-0.25, -0.2) is 4.98 Å². The van der Waals surface area contributed by atoms with Crippen LogP contribution in [0.2, 0.25) is 5.02 Å². The van der Waals surface area contributed by atoms with Crippen LogP contribution in [0.5, 0.6) is 0 Å². The Labute approximate surface area is 98.3 Å². The average Bonchev–Trinajstić information content (AvgIpc) is 2.61. The lowest BCUT2D eigenvalue weighted by Gasteiger charge is -1.95. The van der Waals surface area contributed by atoms with Gasteiger partial charge in [0, 0.05) is 16.3 Å². The summed E-state index contributed by atoms with van der Waals surface area (Å²) in [7, 11) is 0. The number of aromatic nitrogens is 2. The van der Waals surface area contributed by atoms with Gasteiger partial charge in [-0.05, 0) is 31.2 Å². The molecule has 0 amide bonds. The van der Waals surface area contributed by atoms with Gasteiger partial charge in [-0.3, -0.25) is 0 Å². The lowest BCUT2D eigenvalue weighted by atomic mass is 10.2. The monoisotopic (exact) mass is 240 g/mol. The molecule has 1 aromatic carbocycles. The molecule has 0 aliphatic rings. The van der Waals surface area contributed by atoms with Crippen LogP contribution in [0, 0.1) is 6.92 Å². The van der Waals surface area contributed by atoms with E-state index >= 15 is 0 Å². The van der Waals surface area contributed by atoms with Crippen LogP contribution in [0.15, 0.2) is 24.3 Å². The van der Waals surface area contributed by atoms with Gasteiger partial charge in [0.15, 0.2) is 0 Å². The molecule has 0 saturated carbocycles. The highest BCUT2D eigenvalue weighted by atomic mass is 35.5. The van der Waals surface area contributed by atoms with E-state index in [1.165, 1.54) is 0 Å². The first-order valence-corrected chi connectivity index (χ1v) is 5.49. The highest BCUT2D eigenvalue weighted by Gasteiger charge is 2.06. The number of aryl methyl sites for hydroxylation is 1. The minimum Gasteiger partial charge on any atom is -0.342 e. The van der Waals surface area contributed by atoms with E-state index in [-0.39, 0.29) is 0 Å². The molecule has 0 bridgehead atoms. The summed E-state index contributed by atoms with van der Waals surface area (Å²) in [6.45, 7) is 1.96. The largest absolute Gasteiger partial charge is 0.342 e. The molecule has 2 aromatic rings. The van der Waals surface area contributed by atoms with E-state index in [4.69, 9.17) is 23.2 Å². The first-order valence-electron chi connectivity index (χ1n) is 4.58. The first kappa shape index (κ1) is 10.5. The van der Waals surface area contributed by atoms with Gasteiger partial charge in [-0.15, -0.1) is 11.6 Å². The number of H-pyrrole nitrogens is 1. The molecule has 0 spiro atoms. The van der Waals surface area contributed by atoms with E-state index in [0.717, 1.165) is 27.8 Å². The average molecular weight is 241 g/mol. The molecule has 0 unspecified atom stereocenters. The maximum absolute atomic E-state index is 5.81. The SMILES string of the molecule is Cc1[nH]c(-c2ccc(Cl)cc2)nc1CCl. The van der Waals surface area contributed by atoms with Crippen molar-refractivity contribution in [2.75, 3.05) is 0 Å². The molecule has 78 valence electrons. The molecular formula is C11H10Cl2N2. The van der Waals surface area contributed by atoms with Crippen LogP contribution in [0.4, 0.5) is 0 Å². The molecule has 0 saturated heterocycles. The van der Waals surface area contributed by atoms with Gasteiger partial charge in [-0.2, -0.15) is 0 Å². The molecule has 0 fully saturated rings. The van der Waals surface area contributed by atoms with Crippen molar-refractivity contribution in [2.45, 2.75) is 12.8 Å². The minimum atomic E-state index is 0.427. The van der Waals surface area contributed by atoms with Gasteiger partial charge in [0.1, 0.15) is 5.82 Å². The van der Waals surface area contributed by atoms with E-state index in [9.17, 15) is 0 Å². The summed E-state index contributed by atoms with van der Waals surface area (Å²) >= 11 is 11.6. The maximum atomic E-state index is 5.81. The lowest BCUT2D eigenvalue weighted by molar-refractivity contribution is 1.18. The first-order chi connectivity index (χ1) is 7.20. The predicted molar refractivity (Wildman–Crippen MR) is 63.3 cm³/mol. The number of alkyl halides is 1. The highest BCUT2D eigenvalue weighted by molar-refractivity contribution is 6.30. The van der Waals surface area contributed by atoms with Crippen molar-refractivity contribution in [2.24, 2.45) is 0 Å². The van der Waals surface area contributed by atoms with Gasteiger partial charge in [0.2, 0.25) is 0 Å². The molecule has 0 aliphatic carbocycles. The van der Waals surface area contributed by atoms with E-state index in [1.807, 2.05) is 31.2 Å². The number of nitrogens with one attached hydrogen (secondary N) is 1. The van der Waals surface area contributed by atoms with Crippen LogP contribution in [-0.2, 0) is 5.88 Å². The standard InChI is InChI=1S/C11H10Cl2N2/c1-7-10(6-12)15-11(14-7)8-2-4-9(13)5-3-8/h2-5H,6H2,1H3,(H,14,15). The fourth-order valence-electron chi connectivity index (χ4n) is 1.37. The van der Waals surface area contributed by atoms with Gasteiger partial charge >= 0.3 is 0 Å². The van der Waals surface area contributed by atoms with E-state index in [1.54, 1.807) is 0 Å². The van der Waals surface area contributed by atoms with Crippen LogP contribution >= 0.6 is 23.2 Å². The molecule has 2 nitrogen and oxygen atoms in total. The van der Waals surface area contributed by atoms with Crippen molar-refractivity contribution in [3.05, 3.63) is 40.7 Å². The fourth-order valence-corrected chi connectivity index (χ4v) is 1.76. The van der Waals surface area contributed by atoms with Gasteiger partial charge in [-0.1, -0.05) is 11.6 Å². The summed E-state index contributed by atoms with van der Waals surface area (Å²) in [4.78, 5) is 7.59. The summed E-state index contributed by atoms with van der Waals surface area (Å²) in [5.41, 5.74) is 2.91. The molecule has 1 aromatic heterocycles. The van der Waals surface area contributed by atoms with Gasteiger partial charge in [0.25, 0.3) is 0 Å². The third-order valence-corrected chi connectivity index (χ3v) is 2.73. The van der Waals surface area contributed by atoms with Crippen molar-refractivity contribution in [1.82, 2.24) is 9.97 Å². The third-order valence-electron chi connectivity index (χ3n) is 2.23. The van der Waals surface area contributed by atoms with Crippen molar-refractivity contribution in [1.29, 1.82) is 0 Å². The van der Waals surface area contributed by atoms with Crippen molar-refractivity contribution >= 4 is 23.2 Å². The Hall–Kier alpha value is -0.990. The summed E-state index contributed by atoms with van der Waals surface area (Å²) in [6, 6.07) is 7.54. The van der Waals surface area contributed by atoms with E-state index < -0.39 is 0 Å². The van der Waals surface area contributed by atoms with E-state index in [2.05, 4.69) is 9.97 Å². The third kappa shape index (κ3) is 2.16. The number of nitrogens with zero attached hydrogens (tertiary/aromatic N) is 1. The number of halogens is 2. The van der Waals surface area contributed by atoms with Gasteiger partial charge < -0.3 is 4.98 Å². The number of aromatic amines is 1. The maximum Gasteiger partial charge on any atom is 0.137 e. The van der Waals surface area contributed by atoms with Crippen LogP contribution in [0.25, 0.3) is 11.4 Å². The predicted octanol–water partition coefficient (Wildman–Crippen LogP) is 3.78. The van der Waals surface area contributed by atoms with Crippen LogP contribution < -0.4 is 0 Å². The lowest BCUT2D eigenvalue weighted by Crippen LogP contribution is -1.81. The second-order valence-corrected chi connectivity index (χ2v) is 4.00. The van der Waals surface area contributed by atoms with E-state index in [0.29, 0.717) is 5.88 Å². The molecule has 2 rings (SSSR count). The molecule has 15 heavy (non-hydrogen) atoms. The Morgan fingerprint density at radius 3 is 2.47 bits per heavy atom. The quantitative estimate of drug-likeness (QED) is 0.796. The smallest absolute Gasteiger partial charge is 0.137 e. The molecule has 1 heterocycles. The molecule has 0 aliphatic heterocycles. The number of benzene rings is 1. The Kier molecular flexibility index (Phi) is 2.98. The second-order valence-electron chi connectivity index (χ2n) is 3.30. The Morgan fingerprint density at radius 2 is 1.93 bits per heavy atom. The normalized spacial score (nSPS) is 10.6. The van der Waals surface area contributed by atoms with Crippen LogP contribution in [-0.4, -0.2) is 9.97 Å². The van der Waals surface area contributed by atoms with Crippen molar-refractivity contribution in [3.63, 3.8) is 0 Å². The van der Waals surface area contributed by atoms with Gasteiger partial charge in [0.05, 0.1) is 11.6 Å². The molecule has 0 radical (unpaired) electrons. The number of hydrogen-bond donors (Lipinski definition) is 1. The minimum absolute atomic E-state index is 0.427. The topological polar surface area (TPSA) is 28.7 Å². The van der Waals surface area contributed by atoms with Crippen LogP contribution in [0.3, 0.4) is 0 Å². The summed E-state index contributed by atoms with van der Waals surface area (Å²) in [5.74, 6) is 1.26. The summed E-state index contributed by atoms with van der Waals surface area (Å²) < 4.78 is 0. The zero-order valence-electron chi connectivity index (χ0n) is 8.22. The highest BCUT2D eigenvalue weighted by Crippen LogP contribution is 2.20. The Morgan fingerprint density at radius 1 is 1.27 bits per heavy atom. The Bertz CT molecular complexity index is 460. The van der Waals surface area contributed by atoms with Crippen molar-refractivity contribution < 1.29 is 0 Å². The molecular weight excluding hydrogens is 231 g/mol.